The van der Waals surface area contributed by atoms with Crippen LogP contribution >= 0.6 is 0 Å². The van der Waals surface area contributed by atoms with E-state index in [0.717, 1.165) is 19.3 Å². The third-order valence-electron chi connectivity index (χ3n) is 2.54. The lowest BCUT2D eigenvalue weighted by atomic mass is 10.2. The summed E-state index contributed by atoms with van der Waals surface area (Å²) < 4.78 is 14.3. The molecule has 0 aromatic carbocycles. The molecule has 1 saturated heterocycles. The van der Waals surface area contributed by atoms with Gasteiger partial charge in [-0.2, -0.15) is 0 Å². The lowest BCUT2D eigenvalue weighted by molar-refractivity contribution is -0.139. The van der Waals surface area contributed by atoms with Gasteiger partial charge in [0.2, 0.25) is 5.76 Å². The highest BCUT2D eigenvalue weighted by atomic mass is 16.6. The van der Waals surface area contributed by atoms with Crippen LogP contribution in [0.4, 0.5) is 0 Å². The number of carboxylic acids is 1. The Morgan fingerprint density at radius 1 is 1.50 bits per heavy atom. The van der Waals surface area contributed by atoms with E-state index in [2.05, 4.69) is 13.5 Å². The zero-order valence-electron chi connectivity index (χ0n) is 11.8. The Labute approximate surface area is 118 Å². The van der Waals surface area contributed by atoms with Gasteiger partial charge in [0.15, 0.2) is 5.76 Å². The lowest BCUT2D eigenvalue weighted by Gasteiger charge is -1.99. The third-order valence-corrected chi connectivity index (χ3v) is 2.54. The second kappa shape index (κ2) is 7.69. The van der Waals surface area contributed by atoms with Gasteiger partial charge in [0.1, 0.15) is 12.7 Å². The zero-order chi connectivity index (χ0) is 15.1. The summed E-state index contributed by atoms with van der Waals surface area (Å²) in [6.07, 6.45) is 2.99. The highest BCUT2D eigenvalue weighted by Crippen LogP contribution is 2.30. The van der Waals surface area contributed by atoms with Crippen molar-refractivity contribution in [3.05, 3.63) is 23.7 Å². The number of epoxide rings is 1. The fraction of sp³-hybridized carbons (Fsp3) is 0.571. The van der Waals surface area contributed by atoms with E-state index in [9.17, 15) is 9.59 Å². The predicted octanol–water partition coefficient (Wildman–Crippen LogP) is 2.01. The summed E-state index contributed by atoms with van der Waals surface area (Å²) in [7, 11) is 0. The first-order valence-electron chi connectivity index (χ1n) is 6.54. The fourth-order valence-electron chi connectivity index (χ4n) is 1.22. The Hall–Kier alpha value is -1.82. The van der Waals surface area contributed by atoms with Crippen LogP contribution in [0.5, 0.6) is 0 Å². The highest BCUT2D eigenvalue weighted by molar-refractivity contribution is 5.88. The number of carboxylic acid groups (broad SMARTS) is 1. The monoisotopic (exact) mass is 284 g/mol. The van der Waals surface area contributed by atoms with E-state index in [1.165, 1.54) is 0 Å². The minimum Gasteiger partial charge on any atom is -0.475 e. The van der Waals surface area contributed by atoms with E-state index in [1.807, 2.05) is 0 Å². The number of rotatable bonds is 7. The van der Waals surface area contributed by atoms with E-state index in [0.29, 0.717) is 24.5 Å². The van der Waals surface area contributed by atoms with Crippen molar-refractivity contribution in [1.29, 1.82) is 0 Å². The summed E-state index contributed by atoms with van der Waals surface area (Å²) in [6, 6.07) is 0. The molecular formula is C14H20O6. The molecule has 2 aliphatic heterocycles. The molecule has 0 spiro atoms. The molecule has 2 rings (SSSR count). The van der Waals surface area contributed by atoms with E-state index in [1.54, 1.807) is 6.92 Å². The first-order chi connectivity index (χ1) is 9.45. The number of carbonyl (C=O) groups is 2. The van der Waals surface area contributed by atoms with Gasteiger partial charge in [-0.25, -0.2) is 9.59 Å². The molecule has 0 bridgehead atoms. The Balaban J connectivity index is 0.000000200. The molecule has 20 heavy (non-hydrogen) atoms. The summed E-state index contributed by atoms with van der Waals surface area (Å²) in [5.41, 5.74) is 0.431. The molecule has 1 N–H and O–H groups in total. The molecule has 0 aromatic rings. The number of esters is 1. The molecule has 6 heteroatoms. The van der Waals surface area contributed by atoms with Gasteiger partial charge < -0.3 is 19.3 Å². The maximum Gasteiger partial charge on any atom is 0.375 e. The molecule has 0 aliphatic carbocycles. The molecule has 1 fully saturated rings. The number of hydrogen-bond donors (Lipinski definition) is 1. The number of aliphatic carboxylic acids is 1. The summed E-state index contributed by atoms with van der Waals surface area (Å²) in [4.78, 5) is 20.8. The molecule has 6 nitrogen and oxygen atoms in total. The van der Waals surface area contributed by atoms with Crippen LogP contribution in [0, 0.1) is 0 Å². The molecule has 2 heterocycles. The van der Waals surface area contributed by atoms with Crippen molar-refractivity contribution in [2.75, 3.05) is 13.2 Å². The van der Waals surface area contributed by atoms with Gasteiger partial charge in [0, 0.05) is 12.0 Å². The quantitative estimate of drug-likeness (QED) is 0.437. The summed E-state index contributed by atoms with van der Waals surface area (Å²) in [6.45, 7) is 8.20. The number of allylic oxidation sites excluding steroid dienone is 1. The van der Waals surface area contributed by atoms with Gasteiger partial charge >= 0.3 is 11.9 Å². The van der Waals surface area contributed by atoms with Crippen LogP contribution in [-0.2, 0) is 23.8 Å². The van der Waals surface area contributed by atoms with Crippen molar-refractivity contribution in [3.8, 4) is 0 Å². The summed E-state index contributed by atoms with van der Waals surface area (Å²) in [5.74, 6) is -0.454. The number of unbranched alkanes of at least 4 members (excludes halogenated alkanes) is 1. The van der Waals surface area contributed by atoms with E-state index in [4.69, 9.17) is 19.3 Å². The first kappa shape index (κ1) is 16.2. The number of carbonyl (C=O) groups excluding carboxylic acids is 1. The SMILES string of the molecule is C=C(C)C(=O)OCC1CO1.CCCCC1=C(C(=O)O)O1. The maximum atomic E-state index is 10.7. The molecule has 1 unspecified atom stereocenters. The average molecular weight is 284 g/mol. The maximum absolute atomic E-state index is 10.7. The van der Waals surface area contributed by atoms with Gasteiger partial charge in [-0.1, -0.05) is 19.9 Å². The first-order valence-corrected chi connectivity index (χ1v) is 6.54. The minimum absolute atomic E-state index is 0.142. The van der Waals surface area contributed by atoms with E-state index < -0.39 is 5.97 Å². The van der Waals surface area contributed by atoms with Crippen molar-refractivity contribution >= 4 is 11.9 Å². The van der Waals surface area contributed by atoms with Gasteiger partial charge in [-0.05, 0) is 13.3 Å². The average Bonchev–Trinajstić information content (AvgIpc) is 3.27. The van der Waals surface area contributed by atoms with Gasteiger partial charge in [0.25, 0.3) is 0 Å². The molecule has 1 atom stereocenters. The van der Waals surface area contributed by atoms with Crippen LogP contribution in [-0.4, -0.2) is 36.4 Å². The van der Waals surface area contributed by atoms with Crippen molar-refractivity contribution in [2.45, 2.75) is 39.2 Å². The van der Waals surface area contributed by atoms with Crippen LogP contribution in [0.3, 0.4) is 0 Å². The fourth-order valence-corrected chi connectivity index (χ4v) is 1.22. The Morgan fingerprint density at radius 2 is 2.15 bits per heavy atom. The molecule has 0 aromatic heterocycles. The molecule has 0 saturated carbocycles. The van der Waals surface area contributed by atoms with Gasteiger partial charge in [0.05, 0.1) is 6.61 Å². The third kappa shape index (κ3) is 6.38. The largest absolute Gasteiger partial charge is 0.475 e. The van der Waals surface area contributed by atoms with Crippen molar-refractivity contribution < 1.29 is 28.9 Å². The van der Waals surface area contributed by atoms with Crippen molar-refractivity contribution in [1.82, 2.24) is 0 Å². The van der Waals surface area contributed by atoms with E-state index in [-0.39, 0.29) is 17.8 Å². The van der Waals surface area contributed by atoms with Crippen molar-refractivity contribution in [3.63, 3.8) is 0 Å². The normalized spacial score (nSPS) is 18.4. The topological polar surface area (TPSA) is 88.7 Å². The molecule has 2 aliphatic rings. The van der Waals surface area contributed by atoms with Crippen LogP contribution in [0.1, 0.15) is 33.1 Å². The van der Waals surface area contributed by atoms with Crippen LogP contribution in [0.25, 0.3) is 0 Å². The standard InChI is InChI=1S/2C7H10O3/c1-5(2)7(8)10-4-6-3-9-6;1-2-3-4-5-6(10-5)7(8)9/h6H,1,3-4H2,2H3;2-4H2,1H3,(H,8,9). The number of ether oxygens (including phenoxy) is 3. The number of hydrogen-bond acceptors (Lipinski definition) is 5. The smallest absolute Gasteiger partial charge is 0.375 e. The van der Waals surface area contributed by atoms with E-state index >= 15 is 0 Å². The Bertz CT molecular complexity index is 419. The lowest BCUT2D eigenvalue weighted by Crippen LogP contribution is -2.09. The van der Waals surface area contributed by atoms with Crippen molar-refractivity contribution in [2.24, 2.45) is 0 Å². The molecule has 0 amide bonds. The zero-order valence-corrected chi connectivity index (χ0v) is 11.8. The summed E-state index contributed by atoms with van der Waals surface area (Å²) in [5, 5.41) is 8.34. The summed E-state index contributed by atoms with van der Waals surface area (Å²) >= 11 is 0. The van der Waals surface area contributed by atoms with Gasteiger partial charge in [-0.15, -0.1) is 0 Å². The molecular weight excluding hydrogens is 264 g/mol. The molecule has 112 valence electrons. The minimum atomic E-state index is -0.939. The highest BCUT2D eigenvalue weighted by Gasteiger charge is 2.30. The second-order valence-electron chi connectivity index (χ2n) is 4.60. The Kier molecular flexibility index (Phi) is 6.24. The Morgan fingerprint density at radius 3 is 2.55 bits per heavy atom. The second-order valence-corrected chi connectivity index (χ2v) is 4.60. The van der Waals surface area contributed by atoms with Crippen LogP contribution in [0.2, 0.25) is 0 Å². The molecule has 0 radical (unpaired) electrons. The van der Waals surface area contributed by atoms with Crippen LogP contribution < -0.4 is 0 Å². The predicted molar refractivity (Wildman–Crippen MR) is 70.8 cm³/mol. The van der Waals surface area contributed by atoms with Gasteiger partial charge in [-0.3, -0.25) is 0 Å². The van der Waals surface area contributed by atoms with Crippen LogP contribution in [0.15, 0.2) is 23.7 Å².